The predicted octanol–water partition coefficient (Wildman–Crippen LogP) is 3.92. The largest absolute Gasteiger partial charge is 0.478 e. The van der Waals surface area contributed by atoms with E-state index in [2.05, 4.69) is 0 Å². The molecule has 6 nitrogen and oxygen atoms in total. The fourth-order valence-electron chi connectivity index (χ4n) is 2.65. The van der Waals surface area contributed by atoms with Gasteiger partial charge in [0, 0.05) is 18.9 Å². The van der Waals surface area contributed by atoms with E-state index in [1.165, 1.54) is 32.1 Å². The van der Waals surface area contributed by atoms with Crippen molar-refractivity contribution in [2.24, 2.45) is 0 Å². The zero-order valence-electron chi connectivity index (χ0n) is 14.5. The molecule has 2 aromatic carbocycles. The molecule has 27 heavy (non-hydrogen) atoms. The van der Waals surface area contributed by atoms with E-state index in [9.17, 15) is 19.5 Å². The third-order valence-electron chi connectivity index (χ3n) is 3.86. The monoisotopic (exact) mass is 386 g/mol. The third-order valence-corrected chi connectivity index (χ3v) is 4.10. The molecule has 0 spiro atoms. The summed E-state index contributed by atoms with van der Waals surface area (Å²) in [6.07, 6.45) is 1.36. The fourth-order valence-corrected chi connectivity index (χ4v) is 2.82. The Bertz CT molecular complexity index is 950. The van der Waals surface area contributed by atoms with Crippen LogP contribution in [0, 0.1) is 0 Å². The van der Waals surface area contributed by atoms with Crippen molar-refractivity contribution in [3.05, 3.63) is 64.2 Å². The van der Waals surface area contributed by atoms with Gasteiger partial charge in [0.2, 0.25) is 0 Å². The van der Waals surface area contributed by atoms with E-state index in [0.29, 0.717) is 21.7 Å². The lowest BCUT2D eigenvalue weighted by Gasteiger charge is -2.29. The summed E-state index contributed by atoms with van der Waals surface area (Å²) in [5.41, 5.74) is 1.56. The second-order valence-electron chi connectivity index (χ2n) is 6.35. The summed E-state index contributed by atoms with van der Waals surface area (Å²) in [6.45, 7) is 2.94. The van der Waals surface area contributed by atoms with Crippen molar-refractivity contribution in [3.63, 3.8) is 0 Å². The summed E-state index contributed by atoms with van der Waals surface area (Å²) in [6, 6.07) is 11.2. The van der Waals surface area contributed by atoms with E-state index in [1.54, 1.807) is 30.3 Å². The standard InChI is InChI=1S/C20H15ClO6/c1-20(2)26-18(24)16(19(25)27-20)9-11-3-5-12(6-4-11)15-10-13(21)7-8-14(15)17(22)23/h3-10H,1-2H3,(H,22,23). The Morgan fingerprint density at radius 3 is 2.19 bits per heavy atom. The Kier molecular flexibility index (Phi) is 4.76. The van der Waals surface area contributed by atoms with E-state index >= 15 is 0 Å². The molecule has 1 fully saturated rings. The maximum atomic E-state index is 12.0. The van der Waals surface area contributed by atoms with Gasteiger partial charge in [-0.3, -0.25) is 0 Å². The van der Waals surface area contributed by atoms with Crippen molar-refractivity contribution in [1.82, 2.24) is 0 Å². The lowest BCUT2D eigenvalue weighted by Crippen LogP contribution is -2.41. The number of aromatic carboxylic acids is 1. The van der Waals surface area contributed by atoms with Gasteiger partial charge < -0.3 is 14.6 Å². The topological polar surface area (TPSA) is 89.9 Å². The van der Waals surface area contributed by atoms with E-state index in [0.717, 1.165) is 0 Å². The van der Waals surface area contributed by atoms with Gasteiger partial charge in [-0.2, -0.15) is 0 Å². The van der Waals surface area contributed by atoms with Crippen molar-refractivity contribution >= 4 is 35.6 Å². The smallest absolute Gasteiger partial charge is 0.348 e. The number of carbonyl (C=O) groups is 3. The van der Waals surface area contributed by atoms with Gasteiger partial charge in [0.25, 0.3) is 5.79 Å². The highest BCUT2D eigenvalue weighted by Crippen LogP contribution is 2.29. The summed E-state index contributed by atoms with van der Waals surface area (Å²) in [4.78, 5) is 35.4. The first kappa shape index (κ1) is 18.7. The SMILES string of the molecule is CC1(C)OC(=O)C(=Cc2ccc(-c3cc(Cl)ccc3C(=O)O)cc2)C(=O)O1. The van der Waals surface area contributed by atoms with Gasteiger partial charge in [0.1, 0.15) is 5.57 Å². The normalized spacial score (nSPS) is 15.7. The molecule has 2 aromatic rings. The maximum absolute atomic E-state index is 12.0. The zero-order valence-corrected chi connectivity index (χ0v) is 15.2. The highest BCUT2D eigenvalue weighted by Gasteiger charge is 2.38. The predicted molar refractivity (Wildman–Crippen MR) is 98.1 cm³/mol. The van der Waals surface area contributed by atoms with Crippen LogP contribution in [0.2, 0.25) is 5.02 Å². The van der Waals surface area contributed by atoms with E-state index in [-0.39, 0.29) is 11.1 Å². The lowest BCUT2D eigenvalue weighted by atomic mass is 9.98. The molecule has 7 heteroatoms. The van der Waals surface area contributed by atoms with Crippen molar-refractivity contribution in [2.75, 3.05) is 0 Å². The van der Waals surface area contributed by atoms with Crippen LogP contribution in [-0.4, -0.2) is 28.8 Å². The first-order valence-electron chi connectivity index (χ1n) is 7.98. The lowest BCUT2D eigenvalue weighted by molar-refractivity contribution is -0.222. The minimum atomic E-state index is -1.30. The number of rotatable bonds is 3. The quantitative estimate of drug-likeness (QED) is 0.488. The molecule has 1 saturated heterocycles. The van der Waals surface area contributed by atoms with Crippen molar-refractivity contribution in [3.8, 4) is 11.1 Å². The molecule has 138 valence electrons. The molecule has 1 aliphatic heterocycles. The summed E-state index contributed by atoms with van der Waals surface area (Å²) in [7, 11) is 0. The van der Waals surface area contributed by atoms with Gasteiger partial charge in [-0.15, -0.1) is 0 Å². The Labute approximate surface area is 160 Å². The molecule has 3 rings (SSSR count). The second-order valence-corrected chi connectivity index (χ2v) is 6.79. The average molecular weight is 387 g/mol. The number of carboxylic acids is 1. The van der Waals surface area contributed by atoms with Crippen LogP contribution in [0.5, 0.6) is 0 Å². The molecule has 0 aliphatic carbocycles. The highest BCUT2D eigenvalue weighted by atomic mass is 35.5. The van der Waals surface area contributed by atoms with Crippen molar-refractivity contribution in [1.29, 1.82) is 0 Å². The molecule has 1 N–H and O–H groups in total. The second kappa shape index (κ2) is 6.89. The summed E-state index contributed by atoms with van der Waals surface area (Å²) >= 11 is 5.98. The molecule has 0 atom stereocenters. The van der Waals surface area contributed by atoms with Gasteiger partial charge >= 0.3 is 17.9 Å². The number of esters is 2. The van der Waals surface area contributed by atoms with Crippen LogP contribution in [0.3, 0.4) is 0 Å². The molecule has 0 radical (unpaired) electrons. The maximum Gasteiger partial charge on any atom is 0.348 e. The molecule has 0 aromatic heterocycles. The summed E-state index contributed by atoms with van der Waals surface area (Å²) in [5.74, 6) is -3.88. The molecule has 0 amide bonds. The van der Waals surface area contributed by atoms with E-state index in [1.807, 2.05) is 0 Å². The van der Waals surface area contributed by atoms with Gasteiger partial charge in [-0.25, -0.2) is 14.4 Å². The first-order valence-corrected chi connectivity index (χ1v) is 8.36. The highest BCUT2D eigenvalue weighted by molar-refractivity contribution is 6.31. The Morgan fingerprint density at radius 1 is 1.04 bits per heavy atom. The van der Waals surface area contributed by atoms with Crippen molar-refractivity contribution < 1.29 is 29.0 Å². The van der Waals surface area contributed by atoms with Crippen LogP contribution in [-0.2, 0) is 19.1 Å². The molecule has 0 bridgehead atoms. The third kappa shape index (κ3) is 4.01. The minimum absolute atomic E-state index is 0.118. The van der Waals surface area contributed by atoms with Crippen molar-refractivity contribution in [2.45, 2.75) is 19.6 Å². The van der Waals surface area contributed by atoms with Gasteiger partial charge in [-0.1, -0.05) is 35.9 Å². The number of hydrogen-bond donors (Lipinski definition) is 1. The van der Waals surface area contributed by atoms with Gasteiger partial charge in [0.05, 0.1) is 5.56 Å². The summed E-state index contributed by atoms with van der Waals surface area (Å²) in [5, 5.41) is 9.75. The number of halogens is 1. The number of hydrogen-bond acceptors (Lipinski definition) is 5. The Balaban J connectivity index is 1.93. The van der Waals surface area contributed by atoms with Gasteiger partial charge in [-0.05, 0) is 41.0 Å². The van der Waals surface area contributed by atoms with Crippen LogP contribution >= 0.6 is 11.6 Å². The molecular weight excluding hydrogens is 372 g/mol. The van der Waals surface area contributed by atoms with Gasteiger partial charge in [0.15, 0.2) is 0 Å². The molecule has 0 saturated carbocycles. The Hall–Kier alpha value is -3.12. The van der Waals surface area contributed by atoms with Crippen LogP contribution in [0.1, 0.15) is 29.8 Å². The fraction of sp³-hybridized carbons (Fsp3) is 0.150. The van der Waals surface area contributed by atoms with E-state index < -0.39 is 23.7 Å². The first-order chi connectivity index (χ1) is 12.7. The molecule has 1 heterocycles. The minimum Gasteiger partial charge on any atom is -0.478 e. The van der Waals surface area contributed by atoms with Crippen LogP contribution in [0.4, 0.5) is 0 Å². The number of carboxylic acid groups (broad SMARTS) is 1. The molecule has 1 aliphatic rings. The number of benzene rings is 2. The Morgan fingerprint density at radius 2 is 1.63 bits per heavy atom. The zero-order chi connectivity index (χ0) is 19.8. The van der Waals surface area contributed by atoms with E-state index in [4.69, 9.17) is 21.1 Å². The molecular formula is C20H15ClO6. The average Bonchev–Trinajstić information content (AvgIpc) is 2.57. The molecule has 0 unspecified atom stereocenters. The van der Waals surface area contributed by atoms with Crippen LogP contribution < -0.4 is 0 Å². The van der Waals surface area contributed by atoms with Crippen LogP contribution in [0.15, 0.2) is 48.0 Å². The number of ether oxygens (including phenoxy) is 2. The van der Waals surface area contributed by atoms with Crippen LogP contribution in [0.25, 0.3) is 17.2 Å². The number of cyclic esters (lactones) is 2. The number of carbonyl (C=O) groups excluding carboxylic acids is 2. The summed E-state index contributed by atoms with van der Waals surface area (Å²) < 4.78 is 10.1.